The van der Waals surface area contributed by atoms with Gasteiger partial charge in [0.25, 0.3) is 0 Å². The maximum atomic E-state index is 12.3. The van der Waals surface area contributed by atoms with Crippen LogP contribution in [0.2, 0.25) is 0 Å². The summed E-state index contributed by atoms with van der Waals surface area (Å²) in [4.78, 5) is 12.3. The highest BCUT2D eigenvalue weighted by Gasteiger charge is 2.30. The van der Waals surface area contributed by atoms with Crippen molar-refractivity contribution in [2.75, 3.05) is 0 Å². The van der Waals surface area contributed by atoms with Crippen molar-refractivity contribution in [3.8, 4) is 17.0 Å². The molecular formula is C25H29N3O2. The van der Waals surface area contributed by atoms with Crippen LogP contribution in [-0.2, 0) is 13.0 Å². The number of nitrogens with zero attached hydrogens (tertiary/aromatic N) is 2. The van der Waals surface area contributed by atoms with E-state index in [0.717, 1.165) is 57.0 Å². The van der Waals surface area contributed by atoms with Crippen LogP contribution in [0.1, 0.15) is 61.8 Å². The van der Waals surface area contributed by atoms with Crippen LogP contribution in [0.3, 0.4) is 0 Å². The van der Waals surface area contributed by atoms with Crippen LogP contribution in [0.4, 0.5) is 0 Å². The van der Waals surface area contributed by atoms with Gasteiger partial charge in [-0.1, -0.05) is 25.7 Å². The third-order valence-corrected chi connectivity index (χ3v) is 5.32. The fourth-order valence-corrected chi connectivity index (χ4v) is 3.87. The van der Waals surface area contributed by atoms with Crippen molar-refractivity contribution in [1.82, 2.24) is 9.78 Å². The minimum absolute atomic E-state index is 0.0807. The number of fused-ring (bicyclic) bond motifs is 3. The van der Waals surface area contributed by atoms with E-state index in [0.29, 0.717) is 12.3 Å². The molecule has 156 valence electrons. The molecule has 0 atom stereocenters. The van der Waals surface area contributed by atoms with Gasteiger partial charge >= 0.3 is 0 Å². The van der Waals surface area contributed by atoms with E-state index < -0.39 is 0 Å². The fourth-order valence-electron chi connectivity index (χ4n) is 3.87. The molecule has 0 radical (unpaired) electrons. The molecule has 1 aliphatic heterocycles. The maximum absolute atomic E-state index is 12.3. The van der Waals surface area contributed by atoms with Gasteiger partial charge < -0.3 is 10.5 Å². The molecule has 0 saturated carbocycles. The molecule has 5 nitrogen and oxygen atoms in total. The van der Waals surface area contributed by atoms with Gasteiger partial charge in [0.2, 0.25) is 0 Å². The minimum Gasteiger partial charge on any atom is -0.488 e. The summed E-state index contributed by atoms with van der Waals surface area (Å²) in [7, 11) is 0. The highest BCUT2D eigenvalue weighted by molar-refractivity contribution is 5.97. The van der Waals surface area contributed by atoms with Gasteiger partial charge in [-0.15, -0.1) is 0 Å². The summed E-state index contributed by atoms with van der Waals surface area (Å²) >= 11 is 0. The molecule has 0 saturated heterocycles. The molecule has 2 aromatic rings. The van der Waals surface area contributed by atoms with Crippen LogP contribution in [0.15, 0.2) is 48.7 Å². The number of rotatable bonds is 6. The predicted molar refractivity (Wildman–Crippen MR) is 123 cm³/mol. The van der Waals surface area contributed by atoms with Gasteiger partial charge in [0.15, 0.2) is 5.78 Å². The Balaban J connectivity index is 2.38. The lowest BCUT2D eigenvalue weighted by atomic mass is 9.90. The van der Waals surface area contributed by atoms with Crippen LogP contribution >= 0.6 is 0 Å². The van der Waals surface area contributed by atoms with Crippen molar-refractivity contribution < 1.29 is 9.53 Å². The van der Waals surface area contributed by atoms with Crippen LogP contribution in [0, 0.1) is 0 Å². The molecule has 3 rings (SSSR count). The standard InChI is InChI=1S/C25H29N3O2/c1-7-10-18(9-3)28-25-20-12-19(21(13-26)15(4)5)17(8-2)11-23(20)30-14-22(25)24(27-28)16(6)29/h7,9-13H,4,8,14,26H2,1-3,5-6H3/b10-7-,18-9+,21-13+. The highest BCUT2D eigenvalue weighted by Crippen LogP contribution is 2.43. The summed E-state index contributed by atoms with van der Waals surface area (Å²) < 4.78 is 7.93. The number of carbonyl (C=O) groups excluding carboxylic acids is 1. The van der Waals surface area contributed by atoms with Crippen molar-refractivity contribution in [2.45, 2.75) is 47.6 Å². The molecule has 0 aliphatic carbocycles. The van der Waals surface area contributed by atoms with Crippen molar-refractivity contribution in [1.29, 1.82) is 0 Å². The molecule has 0 amide bonds. The number of carbonyl (C=O) groups is 1. The summed E-state index contributed by atoms with van der Waals surface area (Å²) in [5.41, 5.74) is 13.8. The van der Waals surface area contributed by atoms with Gasteiger partial charge in [-0.3, -0.25) is 4.79 Å². The molecule has 0 unspecified atom stereocenters. The Hall–Kier alpha value is -3.34. The first-order valence-corrected chi connectivity index (χ1v) is 10.2. The van der Waals surface area contributed by atoms with Gasteiger partial charge in [-0.25, -0.2) is 4.68 Å². The number of ketones is 1. The molecular weight excluding hydrogens is 374 g/mol. The Kier molecular flexibility index (Phi) is 6.11. The van der Waals surface area contributed by atoms with Crippen LogP contribution in [0.25, 0.3) is 22.5 Å². The van der Waals surface area contributed by atoms with E-state index in [2.05, 4.69) is 30.7 Å². The van der Waals surface area contributed by atoms with Gasteiger partial charge in [-0.05, 0) is 67.7 Å². The van der Waals surface area contributed by atoms with Gasteiger partial charge in [0, 0.05) is 24.3 Å². The number of nitrogens with two attached hydrogens (primary N) is 1. The second-order valence-corrected chi connectivity index (χ2v) is 7.37. The lowest BCUT2D eigenvalue weighted by molar-refractivity contribution is 0.101. The number of Topliss-reactive ketones (excluding diaryl/α,β-unsaturated/α-hetero) is 1. The SMILES string of the molecule is C=C(C)/C(=C\N)c1cc2c(cc1CC)OCc1c(C(C)=O)nn(C(/C=C\C)=C/C)c1-2. The Bertz CT molecular complexity index is 1110. The number of aromatic nitrogens is 2. The number of ether oxygens (including phenoxy) is 1. The van der Waals surface area contributed by atoms with E-state index in [-0.39, 0.29) is 5.78 Å². The molecule has 1 aromatic carbocycles. The zero-order valence-electron chi connectivity index (χ0n) is 18.4. The Morgan fingerprint density at radius 2 is 2.07 bits per heavy atom. The van der Waals surface area contributed by atoms with E-state index in [1.54, 1.807) is 6.20 Å². The Morgan fingerprint density at radius 1 is 1.33 bits per heavy atom. The molecule has 0 spiro atoms. The summed E-state index contributed by atoms with van der Waals surface area (Å²) in [5.74, 6) is 0.705. The van der Waals surface area contributed by atoms with Gasteiger partial charge in [-0.2, -0.15) is 5.10 Å². The Morgan fingerprint density at radius 3 is 2.60 bits per heavy atom. The quantitative estimate of drug-likeness (QED) is 0.509. The summed E-state index contributed by atoms with van der Waals surface area (Å²) in [5, 5.41) is 4.66. The third-order valence-electron chi connectivity index (χ3n) is 5.32. The number of hydrogen-bond donors (Lipinski definition) is 1. The normalized spacial score (nSPS) is 13.8. The number of aryl methyl sites for hydroxylation is 1. The number of allylic oxidation sites excluding steroid dienone is 6. The predicted octanol–water partition coefficient (Wildman–Crippen LogP) is 5.52. The van der Waals surface area contributed by atoms with E-state index in [4.69, 9.17) is 10.5 Å². The molecule has 0 bridgehead atoms. The smallest absolute Gasteiger partial charge is 0.180 e. The van der Waals surface area contributed by atoms with Crippen LogP contribution < -0.4 is 10.5 Å². The lowest BCUT2D eigenvalue weighted by Gasteiger charge is -2.23. The lowest BCUT2D eigenvalue weighted by Crippen LogP contribution is -2.11. The first-order chi connectivity index (χ1) is 14.4. The minimum atomic E-state index is -0.0807. The monoisotopic (exact) mass is 403 g/mol. The molecule has 1 aliphatic rings. The molecule has 2 N–H and O–H groups in total. The number of benzene rings is 1. The average molecular weight is 404 g/mol. The Labute approximate surface area is 178 Å². The summed E-state index contributed by atoms with van der Waals surface area (Å²) in [6.07, 6.45) is 8.35. The molecule has 30 heavy (non-hydrogen) atoms. The first kappa shape index (κ1) is 21.4. The van der Waals surface area contributed by atoms with Crippen molar-refractivity contribution in [3.05, 3.63) is 71.1 Å². The molecule has 1 aromatic heterocycles. The van der Waals surface area contributed by atoms with Gasteiger partial charge in [0.1, 0.15) is 18.1 Å². The van der Waals surface area contributed by atoms with Crippen molar-refractivity contribution in [3.63, 3.8) is 0 Å². The van der Waals surface area contributed by atoms with Crippen molar-refractivity contribution >= 4 is 17.1 Å². The topological polar surface area (TPSA) is 70.1 Å². The first-order valence-electron chi connectivity index (χ1n) is 10.2. The third kappa shape index (κ3) is 3.52. The van der Waals surface area contributed by atoms with Gasteiger partial charge in [0.05, 0.1) is 11.4 Å². The second-order valence-electron chi connectivity index (χ2n) is 7.37. The average Bonchev–Trinajstić information content (AvgIpc) is 3.12. The maximum Gasteiger partial charge on any atom is 0.180 e. The summed E-state index contributed by atoms with van der Waals surface area (Å²) in [6.45, 7) is 13.9. The van der Waals surface area contributed by atoms with E-state index >= 15 is 0 Å². The zero-order valence-corrected chi connectivity index (χ0v) is 18.4. The largest absolute Gasteiger partial charge is 0.488 e. The van der Waals surface area contributed by atoms with Crippen LogP contribution in [-0.4, -0.2) is 15.6 Å². The number of hydrogen-bond acceptors (Lipinski definition) is 4. The zero-order chi connectivity index (χ0) is 22.0. The molecule has 2 heterocycles. The second kappa shape index (κ2) is 8.57. The molecule has 0 fully saturated rings. The van der Waals surface area contributed by atoms with E-state index in [1.807, 2.05) is 43.7 Å². The summed E-state index contributed by atoms with van der Waals surface area (Å²) in [6, 6.07) is 4.15. The fraction of sp³-hybridized carbons (Fsp3) is 0.280. The highest BCUT2D eigenvalue weighted by atomic mass is 16.5. The van der Waals surface area contributed by atoms with E-state index in [9.17, 15) is 4.79 Å². The van der Waals surface area contributed by atoms with Crippen LogP contribution in [0.5, 0.6) is 5.75 Å². The van der Waals surface area contributed by atoms with Crippen molar-refractivity contribution in [2.24, 2.45) is 5.73 Å². The van der Waals surface area contributed by atoms with E-state index in [1.165, 1.54) is 6.92 Å². The molecule has 5 heteroatoms.